The van der Waals surface area contributed by atoms with E-state index in [1.807, 2.05) is 48.5 Å². The third-order valence-corrected chi connectivity index (χ3v) is 8.95. The van der Waals surface area contributed by atoms with Crippen molar-refractivity contribution in [3.63, 3.8) is 0 Å². The summed E-state index contributed by atoms with van der Waals surface area (Å²) >= 11 is 0. The number of rotatable bonds is 7. The number of aromatic nitrogens is 1. The molecular formula is C36H36N2O5. The number of furan rings is 1. The number of nitrogens with zero attached hydrogens (tertiary/aromatic N) is 2. The van der Waals surface area contributed by atoms with Crippen molar-refractivity contribution < 1.29 is 23.4 Å². The first-order valence-corrected chi connectivity index (χ1v) is 15.3. The number of ketones is 1. The average molecular weight is 577 g/mol. The summed E-state index contributed by atoms with van der Waals surface area (Å²) in [4.78, 5) is 20.5. The molecular weight excluding hydrogens is 540 g/mol. The summed E-state index contributed by atoms with van der Waals surface area (Å²) in [5.74, 6) is 9.24. The van der Waals surface area contributed by atoms with Gasteiger partial charge in [0, 0.05) is 53.8 Å². The third-order valence-electron chi connectivity index (χ3n) is 8.95. The molecule has 2 fully saturated rings. The van der Waals surface area contributed by atoms with E-state index in [1.165, 1.54) is 19.3 Å². The Morgan fingerprint density at radius 2 is 1.84 bits per heavy atom. The van der Waals surface area contributed by atoms with E-state index in [-0.39, 0.29) is 5.78 Å². The summed E-state index contributed by atoms with van der Waals surface area (Å²) in [6, 6.07) is 15.3. The molecule has 2 aromatic carbocycles. The highest BCUT2D eigenvalue weighted by Crippen LogP contribution is 2.46. The van der Waals surface area contributed by atoms with Crippen molar-refractivity contribution in [3.8, 4) is 23.3 Å². The van der Waals surface area contributed by atoms with Crippen molar-refractivity contribution in [1.29, 1.82) is 0 Å². The second-order valence-corrected chi connectivity index (χ2v) is 12.2. The van der Waals surface area contributed by atoms with Crippen LogP contribution in [0.25, 0.3) is 11.0 Å². The number of benzene rings is 2. The SMILES string of the molecule is CC1(C)c2cc(OCCN3CCOCC3)ccc2C(=O)c2c1oc1cc(C#Cc3cc(OCC4CCC4)ccn3)ccc21. The molecule has 7 heteroatoms. The average Bonchev–Trinajstić information content (AvgIpc) is 3.39. The lowest BCUT2D eigenvalue weighted by Crippen LogP contribution is -2.38. The molecule has 0 atom stereocenters. The molecule has 3 aliphatic rings. The molecule has 0 N–H and O–H groups in total. The van der Waals surface area contributed by atoms with Gasteiger partial charge in [0.25, 0.3) is 0 Å². The highest BCUT2D eigenvalue weighted by molar-refractivity contribution is 6.19. The van der Waals surface area contributed by atoms with Crippen LogP contribution in [-0.4, -0.2) is 61.7 Å². The van der Waals surface area contributed by atoms with Crippen LogP contribution in [0.3, 0.4) is 0 Å². The molecule has 0 radical (unpaired) electrons. The van der Waals surface area contributed by atoms with Crippen LogP contribution in [0.4, 0.5) is 0 Å². The number of fused-ring (bicyclic) bond motifs is 4. The van der Waals surface area contributed by atoms with E-state index >= 15 is 0 Å². The van der Waals surface area contributed by atoms with Crippen LogP contribution < -0.4 is 9.47 Å². The number of morpholine rings is 1. The quantitative estimate of drug-likeness (QED) is 0.250. The van der Waals surface area contributed by atoms with E-state index in [4.69, 9.17) is 18.6 Å². The summed E-state index contributed by atoms with van der Waals surface area (Å²) in [6.45, 7) is 9.77. The molecule has 3 heterocycles. The Morgan fingerprint density at radius 1 is 1.00 bits per heavy atom. The first-order chi connectivity index (χ1) is 21.0. The van der Waals surface area contributed by atoms with Gasteiger partial charge in [-0.25, -0.2) is 4.98 Å². The Labute approximate surface area is 252 Å². The second kappa shape index (κ2) is 11.5. The topological polar surface area (TPSA) is 74.0 Å². The van der Waals surface area contributed by atoms with Gasteiger partial charge in [-0.15, -0.1) is 0 Å². The number of carbonyl (C=O) groups excluding carboxylic acids is 1. The van der Waals surface area contributed by atoms with E-state index in [1.54, 1.807) is 6.20 Å². The molecule has 7 rings (SSSR count). The van der Waals surface area contributed by atoms with Crippen molar-refractivity contribution in [2.45, 2.75) is 38.5 Å². The fourth-order valence-electron chi connectivity index (χ4n) is 6.12. The van der Waals surface area contributed by atoms with Crippen molar-refractivity contribution in [3.05, 3.63) is 88.4 Å². The maximum absolute atomic E-state index is 13.8. The van der Waals surface area contributed by atoms with E-state index in [0.717, 1.165) is 67.5 Å². The smallest absolute Gasteiger partial charge is 0.197 e. The van der Waals surface area contributed by atoms with Crippen LogP contribution in [-0.2, 0) is 10.2 Å². The van der Waals surface area contributed by atoms with Crippen LogP contribution in [0.1, 0.15) is 71.6 Å². The number of carbonyl (C=O) groups is 1. The van der Waals surface area contributed by atoms with Crippen LogP contribution in [0, 0.1) is 17.8 Å². The molecule has 0 spiro atoms. The van der Waals surface area contributed by atoms with Gasteiger partial charge < -0.3 is 18.6 Å². The molecule has 0 amide bonds. The highest BCUT2D eigenvalue weighted by Gasteiger charge is 2.41. The predicted molar refractivity (Wildman–Crippen MR) is 164 cm³/mol. The lowest BCUT2D eigenvalue weighted by molar-refractivity contribution is 0.0322. The van der Waals surface area contributed by atoms with Gasteiger partial charge in [0.2, 0.25) is 0 Å². The van der Waals surface area contributed by atoms with Crippen LogP contribution in [0.15, 0.2) is 59.1 Å². The highest BCUT2D eigenvalue weighted by atomic mass is 16.5. The first-order valence-electron chi connectivity index (χ1n) is 15.3. The Hall–Kier alpha value is -4.12. The molecule has 1 saturated heterocycles. The number of hydrogen-bond acceptors (Lipinski definition) is 7. The Morgan fingerprint density at radius 3 is 2.65 bits per heavy atom. The van der Waals surface area contributed by atoms with Gasteiger partial charge >= 0.3 is 0 Å². The summed E-state index contributed by atoms with van der Waals surface area (Å²) < 4.78 is 23.9. The molecule has 7 nitrogen and oxygen atoms in total. The largest absolute Gasteiger partial charge is 0.493 e. The molecule has 2 aromatic heterocycles. The minimum absolute atomic E-state index is 0.0234. The molecule has 0 unspecified atom stereocenters. The number of hydrogen-bond donors (Lipinski definition) is 0. The fraction of sp³-hybridized carbons (Fsp3) is 0.389. The summed E-state index contributed by atoms with van der Waals surface area (Å²) in [7, 11) is 0. The molecule has 43 heavy (non-hydrogen) atoms. The molecule has 220 valence electrons. The Bertz CT molecular complexity index is 1730. The summed E-state index contributed by atoms with van der Waals surface area (Å²) in [5.41, 5.74) is 3.81. The maximum atomic E-state index is 13.8. The predicted octanol–water partition coefficient (Wildman–Crippen LogP) is 5.99. The standard InChI is InChI=1S/C36H36N2O5/c1-36(2)31-22-27(41-19-16-38-14-17-40-18-15-38)9-11-29(31)34(39)33-30-10-7-24(20-32(30)43-35(33)36)6-8-26-21-28(12-13-37-26)42-23-25-4-3-5-25/h7,9-13,20-22,25H,3-5,14-19,23H2,1-2H3. The van der Waals surface area contributed by atoms with Gasteiger partial charge in [0.05, 0.1) is 25.4 Å². The zero-order chi connectivity index (χ0) is 29.4. The molecule has 2 aliphatic carbocycles. The van der Waals surface area contributed by atoms with E-state index in [9.17, 15) is 4.79 Å². The molecule has 1 saturated carbocycles. The van der Waals surface area contributed by atoms with Gasteiger partial charge in [-0.1, -0.05) is 12.3 Å². The molecule has 0 bridgehead atoms. The molecule has 4 aromatic rings. The van der Waals surface area contributed by atoms with Crippen molar-refractivity contribution >= 4 is 16.8 Å². The number of pyridine rings is 1. The van der Waals surface area contributed by atoms with Crippen LogP contribution in [0.5, 0.6) is 11.5 Å². The zero-order valence-corrected chi connectivity index (χ0v) is 24.8. The van der Waals surface area contributed by atoms with Gasteiger partial charge in [-0.3, -0.25) is 9.69 Å². The Kier molecular flexibility index (Phi) is 7.42. The lowest BCUT2D eigenvalue weighted by atomic mass is 9.71. The summed E-state index contributed by atoms with van der Waals surface area (Å²) in [6.07, 6.45) is 5.53. The van der Waals surface area contributed by atoms with Crippen LogP contribution >= 0.6 is 0 Å². The normalized spacial score (nSPS) is 17.9. The monoisotopic (exact) mass is 576 g/mol. The van der Waals surface area contributed by atoms with Gasteiger partial charge in [0.15, 0.2) is 5.78 Å². The minimum Gasteiger partial charge on any atom is -0.493 e. The second-order valence-electron chi connectivity index (χ2n) is 12.2. The van der Waals surface area contributed by atoms with Crippen LogP contribution in [0.2, 0.25) is 0 Å². The van der Waals surface area contributed by atoms with Gasteiger partial charge in [-0.05, 0) is 86.6 Å². The lowest BCUT2D eigenvalue weighted by Gasteiger charge is -2.31. The zero-order valence-electron chi connectivity index (χ0n) is 24.8. The Balaban J connectivity index is 1.11. The fourth-order valence-corrected chi connectivity index (χ4v) is 6.12. The maximum Gasteiger partial charge on any atom is 0.197 e. The van der Waals surface area contributed by atoms with E-state index < -0.39 is 5.41 Å². The van der Waals surface area contributed by atoms with E-state index in [0.29, 0.717) is 40.7 Å². The van der Waals surface area contributed by atoms with E-state index in [2.05, 4.69) is 35.6 Å². The van der Waals surface area contributed by atoms with Crippen molar-refractivity contribution in [2.75, 3.05) is 46.1 Å². The minimum atomic E-state index is -0.517. The third kappa shape index (κ3) is 5.53. The molecule has 1 aliphatic heterocycles. The van der Waals surface area contributed by atoms with Gasteiger partial charge in [0.1, 0.15) is 35.1 Å². The van der Waals surface area contributed by atoms with Gasteiger partial charge in [-0.2, -0.15) is 0 Å². The van der Waals surface area contributed by atoms with Crippen molar-refractivity contribution in [2.24, 2.45) is 5.92 Å². The first kappa shape index (κ1) is 27.7. The summed E-state index contributed by atoms with van der Waals surface area (Å²) in [5, 5.41) is 0.805. The number of ether oxygens (including phenoxy) is 3. The van der Waals surface area contributed by atoms with Crippen molar-refractivity contribution in [1.82, 2.24) is 9.88 Å².